The lowest BCUT2D eigenvalue weighted by molar-refractivity contribution is 0.0598. The highest BCUT2D eigenvalue weighted by Gasteiger charge is 2.36. The largest absolute Gasteiger partial charge is 0.465 e. The Labute approximate surface area is 146 Å². The van der Waals surface area contributed by atoms with E-state index in [4.69, 9.17) is 4.74 Å². The molecule has 1 heterocycles. The van der Waals surface area contributed by atoms with Crippen LogP contribution in [0.2, 0.25) is 0 Å². The van der Waals surface area contributed by atoms with Gasteiger partial charge >= 0.3 is 5.97 Å². The number of halogens is 1. The van der Waals surface area contributed by atoms with Crippen molar-refractivity contribution in [1.82, 2.24) is 4.90 Å². The van der Waals surface area contributed by atoms with Gasteiger partial charge in [0.15, 0.2) is 0 Å². The quantitative estimate of drug-likeness (QED) is 0.802. The monoisotopic (exact) mass is 338 g/mol. The van der Waals surface area contributed by atoms with Crippen molar-refractivity contribution in [3.8, 4) is 6.07 Å². The molecule has 0 saturated carbocycles. The number of likely N-dealkylation sites (tertiary alicyclic amines) is 1. The van der Waals surface area contributed by atoms with Crippen molar-refractivity contribution < 1.29 is 13.9 Å². The molecule has 3 rings (SSSR count). The van der Waals surface area contributed by atoms with Crippen LogP contribution in [0.5, 0.6) is 0 Å². The van der Waals surface area contributed by atoms with Crippen LogP contribution in [0.25, 0.3) is 0 Å². The van der Waals surface area contributed by atoms with Gasteiger partial charge in [0.1, 0.15) is 5.82 Å². The molecule has 128 valence electrons. The Balaban J connectivity index is 1.87. The van der Waals surface area contributed by atoms with Crippen LogP contribution in [0.1, 0.15) is 27.4 Å². The number of methoxy groups -OCH3 is 1. The maximum absolute atomic E-state index is 13.6. The lowest BCUT2D eigenvalue weighted by Crippen LogP contribution is -2.20. The second-order valence-electron chi connectivity index (χ2n) is 6.24. The topological polar surface area (TPSA) is 53.3 Å². The zero-order valence-corrected chi connectivity index (χ0v) is 14.0. The predicted molar refractivity (Wildman–Crippen MR) is 91.3 cm³/mol. The fraction of sp³-hybridized carbons (Fsp3) is 0.300. The number of carbonyl (C=O) groups is 1. The third-order valence-corrected chi connectivity index (χ3v) is 4.63. The molecule has 1 aliphatic heterocycles. The molecule has 0 radical (unpaired) electrons. The van der Waals surface area contributed by atoms with Crippen LogP contribution in [0.3, 0.4) is 0 Å². The van der Waals surface area contributed by atoms with Crippen molar-refractivity contribution in [2.75, 3.05) is 20.2 Å². The molecule has 2 unspecified atom stereocenters. The van der Waals surface area contributed by atoms with Crippen molar-refractivity contribution >= 4 is 5.97 Å². The fourth-order valence-corrected chi connectivity index (χ4v) is 3.44. The van der Waals surface area contributed by atoms with E-state index < -0.39 is 11.8 Å². The summed E-state index contributed by atoms with van der Waals surface area (Å²) in [5.74, 6) is -1.47. The van der Waals surface area contributed by atoms with Gasteiger partial charge in [-0.25, -0.2) is 9.18 Å². The number of rotatable bonds is 4. The summed E-state index contributed by atoms with van der Waals surface area (Å²) < 4.78 is 18.4. The van der Waals surface area contributed by atoms with Gasteiger partial charge in [-0.3, -0.25) is 4.90 Å². The minimum absolute atomic E-state index is 0.150. The number of benzene rings is 2. The molecule has 0 amide bonds. The Morgan fingerprint density at radius 2 is 2.04 bits per heavy atom. The van der Waals surface area contributed by atoms with E-state index in [-0.39, 0.29) is 17.4 Å². The van der Waals surface area contributed by atoms with Crippen LogP contribution in [0, 0.1) is 23.1 Å². The molecule has 5 heteroatoms. The minimum atomic E-state index is -0.576. The van der Waals surface area contributed by atoms with Crippen LogP contribution >= 0.6 is 0 Å². The molecule has 4 nitrogen and oxygen atoms in total. The van der Waals surface area contributed by atoms with E-state index >= 15 is 0 Å². The van der Waals surface area contributed by atoms with Crippen LogP contribution in [-0.4, -0.2) is 31.1 Å². The fourth-order valence-electron chi connectivity index (χ4n) is 3.44. The Bertz CT molecular complexity index is 801. The molecular formula is C20H19FN2O2. The van der Waals surface area contributed by atoms with Gasteiger partial charge in [0, 0.05) is 25.6 Å². The average Bonchev–Trinajstić information content (AvgIpc) is 3.04. The van der Waals surface area contributed by atoms with Gasteiger partial charge in [0.2, 0.25) is 0 Å². The van der Waals surface area contributed by atoms with Gasteiger partial charge < -0.3 is 4.74 Å². The van der Waals surface area contributed by atoms with Gasteiger partial charge in [-0.2, -0.15) is 5.26 Å². The van der Waals surface area contributed by atoms with E-state index in [1.807, 2.05) is 30.3 Å². The summed E-state index contributed by atoms with van der Waals surface area (Å²) in [5, 5.41) is 9.56. The van der Waals surface area contributed by atoms with E-state index in [1.54, 1.807) is 6.07 Å². The first-order chi connectivity index (χ1) is 12.1. The molecular weight excluding hydrogens is 319 g/mol. The van der Waals surface area contributed by atoms with Gasteiger partial charge in [0.25, 0.3) is 0 Å². The highest BCUT2D eigenvalue weighted by Crippen LogP contribution is 2.35. The summed E-state index contributed by atoms with van der Waals surface area (Å²) in [6.45, 7) is 2.00. The summed E-state index contributed by atoms with van der Waals surface area (Å²) >= 11 is 0. The first-order valence-corrected chi connectivity index (χ1v) is 8.16. The number of carbonyl (C=O) groups excluding carboxylic acids is 1. The maximum atomic E-state index is 13.6. The summed E-state index contributed by atoms with van der Waals surface area (Å²) in [7, 11) is 1.27. The summed E-state index contributed by atoms with van der Waals surface area (Å²) in [5.41, 5.74) is 2.05. The lowest BCUT2D eigenvalue weighted by Gasteiger charge is -2.18. The van der Waals surface area contributed by atoms with E-state index in [1.165, 1.54) is 24.8 Å². The van der Waals surface area contributed by atoms with Crippen molar-refractivity contribution in [2.24, 2.45) is 5.92 Å². The normalized spacial score (nSPS) is 20.2. The molecule has 2 atom stereocenters. The SMILES string of the molecule is COC(=O)c1cc(F)ccc1C1CN(Cc2ccccc2)CC1C#N. The Kier molecular flexibility index (Phi) is 5.11. The molecule has 0 N–H and O–H groups in total. The van der Waals surface area contributed by atoms with E-state index in [2.05, 4.69) is 11.0 Å². The van der Waals surface area contributed by atoms with Crippen LogP contribution in [0.4, 0.5) is 4.39 Å². The average molecular weight is 338 g/mol. The van der Waals surface area contributed by atoms with Gasteiger partial charge in [0.05, 0.1) is 24.7 Å². The molecule has 0 aromatic heterocycles. The molecule has 0 spiro atoms. The Hall–Kier alpha value is -2.71. The lowest BCUT2D eigenvalue weighted by atomic mass is 9.87. The number of hydrogen-bond donors (Lipinski definition) is 0. The highest BCUT2D eigenvalue weighted by atomic mass is 19.1. The van der Waals surface area contributed by atoms with Crippen LogP contribution < -0.4 is 0 Å². The zero-order chi connectivity index (χ0) is 17.8. The van der Waals surface area contributed by atoms with Crippen LogP contribution in [-0.2, 0) is 11.3 Å². The first-order valence-electron chi connectivity index (χ1n) is 8.16. The van der Waals surface area contributed by atoms with E-state index in [9.17, 15) is 14.4 Å². The zero-order valence-electron chi connectivity index (χ0n) is 14.0. The molecule has 25 heavy (non-hydrogen) atoms. The standard InChI is InChI=1S/C20H19FN2O2/c1-25-20(24)18-9-16(21)7-8-17(18)19-13-23(12-15(19)10-22)11-14-5-3-2-4-6-14/h2-9,15,19H,11-13H2,1H3. The molecule has 1 aliphatic rings. The number of nitrogens with zero attached hydrogens (tertiary/aromatic N) is 2. The van der Waals surface area contributed by atoms with E-state index in [0.29, 0.717) is 18.7 Å². The van der Waals surface area contributed by atoms with Crippen LogP contribution in [0.15, 0.2) is 48.5 Å². The summed E-state index contributed by atoms with van der Waals surface area (Å²) in [6.07, 6.45) is 0. The smallest absolute Gasteiger partial charge is 0.338 e. The predicted octanol–water partition coefficient (Wildman–Crippen LogP) is 3.35. The summed E-state index contributed by atoms with van der Waals surface area (Å²) in [4.78, 5) is 14.2. The van der Waals surface area contributed by atoms with E-state index in [0.717, 1.165) is 6.54 Å². The Morgan fingerprint density at radius 1 is 1.28 bits per heavy atom. The van der Waals surface area contributed by atoms with Crippen molar-refractivity contribution in [3.63, 3.8) is 0 Å². The molecule has 1 saturated heterocycles. The second-order valence-corrected chi connectivity index (χ2v) is 6.24. The first kappa shape index (κ1) is 17.1. The number of hydrogen-bond acceptors (Lipinski definition) is 4. The Morgan fingerprint density at radius 3 is 2.72 bits per heavy atom. The third-order valence-electron chi connectivity index (χ3n) is 4.63. The van der Waals surface area contributed by atoms with Crippen molar-refractivity contribution in [3.05, 3.63) is 71.0 Å². The van der Waals surface area contributed by atoms with Gasteiger partial charge in [-0.15, -0.1) is 0 Å². The van der Waals surface area contributed by atoms with Crippen molar-refractivity contribution in [2.45, 2.75) is 12.5 Å². The molecule has 0 aliphatic carbocycles. The summed E-state index contributed by atoms with van der Waals surface area (Å²) in [6, 6.07) is 16.5. The maximum Gasteiger partial charge on any atom is 0.338 e. The molecule has 0 bridgehead atoms. The molecule has 2 aromatic carbocycles. The van der Waals surface area contributed by atoms with Gasteiger partial charge in [-0.1, -0.05) is 36.4 Å². The second kappa shape index (κ2) is 7.45. The molecule has 1 fully saturated rings. The third kappa shape index (κ3) is 3.70. The minimum Gasteiger partial charge on any atom is -0.465 e. The molecule has 2 aromatic rings. The number of ether oxygens (including phenoxy) is 1. The number of esters is 1. The highest BCUT2D eigenvalue weighted by molar-refractivity contribution is 5.91. The van der Waals surface area contributed by atoms with Crippen molar-refractivity contribution in [1.29, 1.82) is 5.26 Å². The number of nitriles is 1. The van der Waals surface area contributed by atoms with Gasteiger partial charge in [-0.05, 0) is 23.3 Å².